The van der Waals surface area contributed by atoms with E-state index in [0.29, 0.717) is 17.8 Å². The van der Waals surface area contributed by atoms with Crippen molar-refractivity contribution >= 4 is 6.09 Å². The predicted octanol–water partition coefficient (Wildman–Crippen LogP) is 3.94. The van der Waals surface area contributed by atoms with Gasteiger partial charge in [-0.1, -0.05) is 26.0 Å². The van der Waals surface area contributed by atoms with Gasteiger partial charge in [-0.15, -0.1) is 0 Å². The van der Waals surface area contributed by atoms with E-state index in [1.165, 1.54) is 4.90 Å². The van der Waals surface area contributed by atoms with Crippen molar-refractivity contribution < 1.29 is 13.9 Å². The fourth-order valence-electron chi connectivity index (χ4n) is 1.74. The molecule has 0 bridgehead atoms. The van der Waals surface area contributed by atoms with Gasteiger partial charge in [0.05, 0.1) is 6.54 Å². The Balaban J connectivity index is 0.000000771. The molecule has 1 aliphatic carbocycles. The molecule has 1 saturated heterocycles. The second kappa shape index (κ2) is 6.38. The van der Waals surface area contributed by atoms with Gasteiger partial charge in [0.2, 0.25) is 0 Å². The van der Waals surface area contributed by atoms with Gasteiger partial charge in [-0.05, 0) is 25.5 Å². The van der Waals surface area contributed by atoms with Gasteiger partial charge in [0.1, 0.15) is 11.9 Å². The Morgan fingerprint density at radius 2 is 2.06 bits per heavy atom. The maximum atomic E-state index is 13.3. The minimum absolute atomic E-state index is 0.107. The predicted molar refractivity (Wildman–Crippen MR) is 69.6 cm³/mol. The van der Waals surface area contributed by atoms with Crippen molar-refractivity contribution in [2.45, 2.75) is 40.2 Å². The second-order valence-corrected chi connectivity index (χ2v) is 4.06. The highest BCUT2D eigenvalue weighted by atomic mass is 19.1. The lowest BCUT2D eigenvalue weighted by Crippen LogP contribution is -2.23. The molecule has 4 heteroatoms. The number of carbonyl (C=O) groups excluding carboxylic acids is 1. The monoisotopic (exact) mass is 253 g/mol. The zero-order valence-corrected chi connectivity index (χ0v) is 11.4. The van der Waals surface area contributed by atoms with Gasteiger partial charge in [0.25, 0.3) is 0 Å². The molecule has 0 N–H and O–H groups in total. The summed E-state index contributed by atoms with van der Waals surface area (Å²) in [7, 11) is 0. The first-order valence-corrected chi connectivity index (χ1v) is 6.29. The van der Waals surface area contributed by atoms with Gasteiger partial charge in [0, 0.05) is 12.1 Å². The van der Waals surface area contributed by atoms with E-state index in [-0.39, 0.29) is 24.4 Å². The van der Waals surface area contributed by atoms with Crippen LogP contribution < -0.4 is 0 Å². The van der Waals surface area contributed by atoms with Crippen molar-refractivity contribution in [3.05, 3.63) is 35.3 Å². The number of carbonyl (C=O) groups is 1. The van der Waals surface area contributed by atoms with Gasteiger partial charge in [0.15, 0.2) is 0 Å². The van der Waals surface area contributed by atoms with Gasteiger partial charge in [-0.3, -0.25) is 4.90 Å². The molecule has 100 valence electrons. The van der Waals surface area contributed by atoms with Gasteiger partial charge < -0.3 is 4.74 Å². The van der Waals surface area contributed by atoms with E-state index >= 15 is 0 Å². The average Bonchev–Trinajstić information content (AvgIpc) is 2.60. The van der Waals surface area contributed by atoms with E-state index in [1.54, 1.807) is 25.2 Å². The summed E-state index contributed by atoms with van der Waals surface area (Å²) in [5.74, 6) is -0.160. The van der Waals surface area contributed by atoms with Crippen LogP contribution in [0.4, 0.5) is 9.18 Å². The number of amides is 1. The molecule has 2 aliphatic rings. The summed E-state index contributed by atoms with van der Waals surface area (Å²) in [5.41, 5.74) is 1.31. The molecule has 0 spiro atoms. The quantitative estimate of drug-likeness (QED) is 0.708. The van der Waals surface area contributed by atoms with Crippen LogP contribution in [0.3, 0.4) is 0 Å². The van der Waals surface area contributed by atoms with Crippen LogP contribution in [0.15, 0.2) is 35.3 Å². The summed E-state index contributed by atoms with van der Waals surface area (Å²) < 4.78 is 18.3. The van der Waals surface area contributed by atoms with Crippen molar-refractivity contribution in [3.63, 3.8) is 0 Å². The molecule has 3 nitrogen and oxygen atoms in total. The van der Waals surface area contributed by atoms with Crippen molar-refractivity contribution in [2.75, 3.05) is 6.54 Å². The standard InChI is InChI=1S/C12H14FNO2.C2H6/c1-8-3-4-10(5-6-11(8)13)14-7-9(2)16-12(14)15;1-2/h3-5,9H,6-7H2,1-2H3;1-2H3. The second-order valence-electron chi connectivity index (χ2n) is 4.06. The highest BCUT2D eigenvalue weighted by molar-refractivity contribution is 5.73. The fourth-order valence-corrected chi connectivity index (χ4v) is 1.74. The summed E-state index contributed by atoms with van der Waals surface area (Å²) in [4.78, 5) is 13.0. The Bertz CT molecular complexity index is 410. The largest absolute Gasteiger partial charge is 0.444 e. The van der Waals surface area contributed by atoms with Crippen LogP contribution in [0.2, 0.25) is 0 Å². The highest BCUT2D eigenvalue weighted by Crippen LogP contribution is 2.23. The molecule has 1 amide bonds. The molecule has 18 heavy (non-hydrogen) atoms. The lowest BCUT2D eigenvalue weighted by molar-refractivity contribution is 0.141. The van der Waals surface area contributed by atoms with E-state index in [1.807, 2.05) is 20.8 Å². The van der Waals surface area contributed by atoms with Crippen LogP contribution in [-0.4, -0.2) is 23.6 Å². The Morgan fingerprint density at radius 1 is 1.39 bits per heavy atom. The number of allylic oxidation sites excluding steroid dienone is 5. The number of halogens is 1. The fraction of sp³-hybridized carbons (Fsp3) is 0.500. The Hall–Kier alpha value is -1.58. The molecule has 0 radical (unpaired) electrons. The van der Waals surface area contributed by atoms with Crippen molar-refractivity contribution in [2.24, 2.45) is 0 Å². The molecule has 1 heterocycles. The normalized spacial score (nSPS) is 23.2. The molecule has 1 atom stereocenters. The summed E-state index contributed by atoms with van der Waals surface area (Å²) in [6.45, 7) is 8.08. The molecule has 0 aromatic rings. The Morgan fingerprint density at radius 3 is 2.61 bits per heavy atom. The third kappa shape index (κ3) is 3.22. The smallest absolute Gasteiger partial charge is 0.414 e. The maximum absolute atomic E-state index is 13.3. The van der Waals surface area contributed by atoms with Gasteiger partial charge >= 0.3 is 6.09 Å². The number of hydrogen-bond donors (Lipinski definition) is 0. The zero-order valence-electron chi connectivity index (χ0n) is 11.4. The van der Waals surface area contributed by atoms with E-state index in [4.69, 9.17) is 4.74 Å². The summed E-state index contributed by atoms with van der Waals surface area (Å²) in [5, 5.41) is 0. The molecule has 1 unspecified atom stereocenters. The Kier molecular flexibility index (Phi) is 5.13. The number of hydrogen-bond acceptors (Lipinski definition) is 2. The van der Waals surface area contributed by atoms with Crippen LogP contribution in [0.1, 0.15) is 34.1 Å². The van der Waals surface area contributed by atoms with Crippen LogP contribution in [0, 0.1) is 0 Å². The third-order valence-corrected chi connectivity index (χ3v) is 2.70. The minimum Gasteiger partial charge on any atom is -0.444 e. The minimum atomic E-state index is -0.358. The molecular weight excluding hydrogens is 233 g/mol. The van der Waals surface area contributed by atoms with Crippen LogP contribution >= 0.6 is 0 Å². The topological polar surface area (TPSA) is 29.5 Å². The van der Waals surface area contributed by atoms with Crippen LogP contribution in [0.5, 0.6) is 0 Å². The van der Waals surface area contributed by atoms with Crippen LogP contribution in [0.25, 0.3) is 0 Å². The van der Waals surface area contributed by atoms with E-state index in [9.17, 15) is 9.18 Å². The first kappa shape index (κ1) is 14.5. The van der Waals surface area contributed by atoms with Crippen molar-refractivity contribution in [3.8, 4) is 0 Å². The summed E-state index contributed by atoms with van der Waals surface area (Å²) >= 11 is 0. The van der Waals surface area contributed by atoms with Crippen molar-refractivity contribution in [1.29, 1.82) is 0 Å². The molecule has 0 aromatic heterocycles. The SMILES string of the molecule is CC.CC1=C(F)CC=C(N2CC(C)OC2=O)C=C1. The maximum Gasteiger partial charge on any atom is 0.414 e. The molecule has 2 rings (SSSR count). The van der Waals surface area contributed by atoms with Crippen LogP contribution in [-0.2, 0) is 4.74 Å². The third-order valence-electron chi connectivity index (χ3n) is 2.70. The summed E-state index contributed by atoms with van der Waals surface area (Å²) in [6.07, 6.45) is 4.91. The van der Waals surface area contributed by atoms with E-state index in [2.05, 4.69) is 0 Å². The number of nitrogens with zero attached hydrogens (tertiary/aromatic N) is 1. The first-order valence-electron chi connectivity index (χ1n) is 6.29. The van der Waals surface area contributed by atoms with Crippen molar-refractivity contribution in [1.82, 2.24) is 4.90 Å². The summed E-state index contributed by atoms with van der Waals surface area (Å²) in [6, 6.07) is 0. The molecule has 0 aromatic carbocycles. The Labute approximate surface area is 108 Å². The molecule has 1 aliphatic heterocycles. The van der Waals surface area contributed by atoms with Gasteiger partial charge in [-0.25, -0.2) is 9.18 Å². The van der Waals surface area contributed by atoms with E-state index in [0.717, 1.165) is 0 Å². The number of cyclic esters (lactones) is 1. The average molecular weight is 253 g/mol. The first-order chi connectivity index (χ1) is 8.58. The lowest BCUT2D eigenvalue weighted by atomic mass is 10.2. The number of rotatable bonds is 1. The lowest BCUT2D eigenvalue weighted by Gasteiger charge is -2.13. The van der Waals surface area contributed by atoms with E-state index < -0.39 is 0 Å². The molecular formula is C14H20FNO2. The highest BCUT2D eigenvalue weighted by Gasteiger charge is 2.30. The molecule has 0 saturated carbocycles. The molecule has 1 fully saturated rings. The number of ether oxygens (including phenoxy) is 1. The van der Waals surface area contributed by atoms with Gasteiger partial charge in [-0.2, -0.15) is 0 Å². The zero-order chi connectivity index (χ0) is 13.7.